The fourth-order valence-corrected chi connectivity index (χ4v) is 2.74. The van der Waals surface area contributed by atoms with Crippen LogP contribution in [0.4, 0.5) is 5.69 Å². The lowest BCUT2D eigenvalue weighted by molar-refractivity contribution is -0.116. The van der Waals surface area contributed by atoms with Gasteiger partial charge in [0.2, 0.25) is 5.91 Å². The molecule has 4 nitrogen and oxygen atoms in total. The molecule has 1 aliphatic rings. The van der Waals surface area contributed by atoms with Crippen LogP contribution in [0, 0.1) is 0 Å². The smallest absolute Gasteiger partial charge is 0.263 e. The molecule has 22 heavy (non-hydrogen) atoms. The largest absolute Gasteiger partial charge is 0.307 e. The highest BCUT2D eigenvalue weighted by Gasteiger charge is 2.20. The van der Waals surface area contributed by atoms with Crippen molar-refractivity contribution in [2.24, 2.45) is 0 Å². The average Bonchev–Trinajstić information content (AvgIpc) is 2.81. The molecule has 0 unspecified atom stereocenters. The second kappa shape index (κ2) is 7.72. The first-order valence-electron chi connectivity index (χ1n) is 6.51. The maximum atomic E-state index is 11.7. The standard InChI is InChI=1S/C16H14N2O2S2/c1-12(19)18(13-8-4-2-5-9-13)11-7-3-6-10-14-15(20)17-16(21)22-14/h2-11H,1H3,(H,17,20,21). The highest BCUT2D eigenvalue weighted by atomic mass is 32.2. The number of carbonyl (C=O) groups is 2. The van der Waals surface area contributed by atoms with Crippen LogP contribution in [0.25, 0.3) is 0 Å². The topological polar surface area (TPSA) is 49.4 Å². The molecule has 0 radical (unpaired) electrons. The van der Waals surface area contributed by atoms with Gasteiger partial charge < -0.3 is 5.32 Å². The number of amides is 2. The third kappa shape index (κ3) is 4.41. The van der Waals surface area contributed by atoms with Crippen molar-refractivity contribution in [2.75, 3.05) is 4.90 Å². The molecule has 0 bridgehead atoms. The summed E-state index contributed by atoms with van der Waals surface area (Å²) in [6.45, 7) is 1.50. The van der Waals surface area contributed by atoms with E-state index in [9.17, 15) is 9.59 Å². The van der Waals surface area contributed by atoms with Gasteiger partial charge in [-0.15, -0.1) is 0 Å². The Balaban J connectivity index is 2.02. The predicted octanol–water partition coefficient (Wildman–Crippen LogP) is 3.14. The van der Waals surface area contributed by atoms with Crippen molar-refractivity contribution in [3.8, 4) is 0 Å². The number of thiocarbonyl (C=S) groups is 1. The Labute approximate surface area is 138 Å². The summed E-state index contributed by atoms with van der Waals surface area (Å²) >= 11 is 6.13. The van der Waals surface area contributed by atoms with Gasteiger partial charge in [0.1, 0.15) is 4.32 Å². The van der Waals surface area contributed by atoms with Crippen LogP contribution in [0.3, 0.4) is 0 Å². The van der Waals surface area contributed by atoms with Crippen molar-refractivity contribution in [3.05, 3.63) is 65.7 Å². The van der Waals surface area contributed by atoms with Crippen LogP contribution in [0.15, 0.2) is 65.7 Å². The maximum absolute atomic E-state index is 11.7. The number of nitrogens with one attached hydrogen (secondary N) is 1. The highest BCUT2D eigenvalue weighted by molar-refractivity contribution is 8.26. The first kappa shape index (κ1) is 16.2. The lowest BCUT2D eigenvalue weighted by Crippen LogP contribution is -2.21. The Hall–Kier alpha value is -2.18. The molecule has 0 aliphatic carbocycles. The monoisotopic (exact) mass is 330 g/mol. The summed E-state index contributed by atoms with van der Waals surface area (Å²) in [5.74, 6) is -0.261. The molecule has 0 spiro atoms. The molecule has 1 aliphatic heterocycles. The summed E-state index contributed by atoms with van der Waals surface area (Å²) in [7, 11) is 0. The van der Waals surface area contributed by atoms with Gasteiger partial charge in [-0.25, -0.2) is 0 Å². The van der Waals surface area contributed by atoms with Gasteiger partial charge >= 0.3 is 0 Å². The van der Waals surface area contributed by atoms with Crippen molar-refractivity contribution in [2.45, 2.75) is 6.92 Å². The fourth-order valence-electron chi connectivity index (χ4n) is 1.74. The van der Waals surface area contributed by atoms with Gasteiger partial charge in [-0.1, -0.05) is 54.3 Å². The molecule has 1 aromatic rings. The zero-order valence-corrected chi connectivity index (χ0v) is 13.5. The number of nitrogens with zero attached hydrogens (tertiary/aromatic N) is 1. The fraction of sp³-hybridized carbons (Fsp3) is 0.0625. The maximum Gasteiger partial charge on any atom is 0.263 e. The molecule has 0 saturated carbocycles. The average molecular weight is 330 g/mol. The van der Waals surface area contributed by atoms with E-state index in [4.69, 9.17) is 12.2 Å². The van der Waals surface area contributed by atoms with E-state index >= 15 is 0 Å². The molecule has 2 rings (SSSR count). The van der Waals surface area contributed by atoms with E-state index in [0.29, 0.717) is 9.23 Å². The van der Waals surface area contributed by atoms with Crippen molar-refractivity contribution >= 4 is 45.8 Å². The summed E-state index contributed by atoms with van der Waals surface area (Å²) in [6.07, 6.45) is 8.58. The minimum absolute atomic E-state index is 0.0784. The third-order valence-corrected chi connectivity index (χ3v) is 3.90. The molecule has 2 amide bonds. The Morgan fingerprint density at radius 3 is 2.55 bits per heavy atom. The van der Waals surface area contributed by atoms with Gasteiger partial charge in [0.05, 0.1) is 4.91 Å². The number of allylic oxidation sites excluding steroid dienone is 4. The summed E-state index contributed by atoms with van der Waals surface area (Å²) in [6, 6.07) is 9.36. The van der Waals surface area contributed by atoms with Gasteiger partial charge in [0.25, 0.3) is 5.91 Å². The molecule has 1 N–H and O–H groups in total. The van der Waals surface area contributed by atoms with E-state index in [-0.39, 0.29) is 11.8 Å². The third-order valence-electron chi connectivity index (χ3n) is 2.72. The molecule has 0 atom stereocenters. The number of hydrogen-bond acceptors (Lipinski definition) is 4. The van der Waals surface area contributed by atoms with E-state index < -0.39 is 0 Å². The van der Waals surface area contributed by atoms with E-state index in [1.807, 2.05) is 30.3 Å². The van der Waals surface area contributed by atoms with E-state index in [0.717, 1.165) is 5.69 Å². The minimum atomic E-state index is -0.182. The van der Waals surface area contributed by atoms with Gasteiger partial charge in [0.15, 0.2) is 0 Å². The van der Waals surface area contributed by atoms with Crippen LogP contribution in [0.1, 0.15) is 6.92 Å². The van der Waals surface area contributed by atoms with Crippen LogP contribution in [-0.4, -0.2) is 16.1 Å². The van der Waals surface area contributed by atoms with E-state index in [1.165, 1.54) is 18.7 Å². The molecule has 1 saturated heterocycles. The molecule has 1 heterocycles. The number of rotatable bonds is 4. The first-order chi connectivity index (χ1) is 10.6. The van der Waals surface area contributed by atoms with Crippen molar-refractivity contribution in [1.29, 1.82) is 0 Å². The number of para-hydroxylation sites is 1. The van der Waals surface area contributed by atoms with Gasteiger partial charge in [-0.05, 0) is 24.3 Å². The van der Waals surface area contributed by atoms with E-state index in [2.05, 4.69) is 5.32 Å². The Kier molecular flexibility index (Phi) is 5.68. The number of benzene rings is 1. The molecule has 1 aromatic carbocycles. The number of hydrogen-bond donors (Lipinski definition) is 1. The van der Waals surface area contributed by atoms with Gasteiger partial charge in [-0.2, -0.15) is 0 Å². The van der Waals surface area contributed by atoms with Crippen LogP contribution in [-0.2, 0) is 9.59 Å². The summed E-state index contributed by atoms with van der Waals surface area (Å²) in [5.41, 5.74) is 0.800. The molecular weight excluding hydrogens is 316 g/mol. The van der Waals surface area contributed by atoms with Crippen LogP contribution in [0.2, 0.25) is 0 Å². The molecule has 1 fully saturated rings. The Bertz CT molecular complexity index is 679. The molecule has 0 aromatic heterocycles. The number of anilines is 1. The van der Waals surface area contributed by atoms with Crippen molar-refractivity contribution in [1.82, 2.24) is 5.32 Å². The van der Waals surface area contributed by atoms with Crippen LogP contribution < -0.4 is 10.2 Å². The number of thioether (sulfide) groups is 1. The van der Waals surface area contributed by atoms with Gasteiger partial charge in [-0.3, -0.25) is 14.5 Å². The van der Waals surface area contributed by atoms with Crippen molar-refractivity contribution in [3.63, 3.8) is 0 Å². The zero-order valence-electron chi connectivity index (χ0n) is 11.9. The quantitative estimate of drug-likeness (QED) is 0.523. The van der Waals surface area contributed by atoms with Crippen molar-refractivity contribution < 1.29 is 9.59 Å². The number of carbonyl (C=O) groups excluding carboxylic acids is 2. The second-order valence-corrected chi connectivity index (χ2v) is 6.04. The molecule has 6 heteroatoms. The summed E-state index contributed by atoms with van der Waals surface area (Å²) < 4.78 is 0.465. The normalized spacial score (nSPS) is 16.7. The predicted molar refractivity (Wildman–Crippen MR) is 94.3 cm³/mol. The summed E-state index contributed by atoms with van der Waals surface area (Å²) in [5, 5.41) is 2.54. The lowest BCUT2D eigenvalue weighted by atomic mass is 10.3. The van der Waals surface area contributed by atoms with Gasteiger partial charge in [0, 0.05) is 18.8 Å². The molecular formula is C16H14N2O2S2. The van der Waals surface area contributed by atoms with E-state index in [1.54, 1.807) is 35.4 Å². The van der Waals surface area contributed by atoms with Crippen LogP contribution in [0.5, 0.6) is 0 Å². The SMILES string of the molecule is CC(=O)N(C=CC=CC=C1SC(=S)NC1=O)c1ccccc1. The second-order valence-electron chi connectivity index (χ2n) is 4.33. The highest BCUT2D eigenvalue weighted by Crippen LogP contribution is 2.23. The minimum Gasteiger partial charge on any atom is -0.307 e. The zero-order chi connectivity index (χ0) is 15.9. The van der Waals surface area contributed by atoms with Crippen LogP contribution >= 0.6 is 24.0 Å². The first-order valence-corrected chi connectivity index (χ1v) is 7.73. The Morgan fingerprint density at radius 2 is 1.95 bits per heavy atom. The Morgan fingerprint density at radius 1 is 1.23 bits per heavy atom. The molecule has 112 valence electrons. The summed E-state index contributed by atoms with van der Waals surface area (Å²) in [4.78, 5) is 25.2. The lowest BCUT2D eigenvalue weighted by Gasteiger charge is -2.15.